The molecule has 1 saturated carbocycles. The molecule has 0 bridgehead atoms. The third kappa shape index (κ3) is 3.57. The van der Waals surface area contributed by atoms with Crippen molar-refractivity contribution < 1.29 is 8.76 Å². The predicted molar refractivity (Wildman–Crippen MR) is 101 cm³/mol. The summed E-state index contributed by atoms with van der Waals surface area (Å²) in [6, 6.07) is 8.43. The van der Waals surface area contributed by atoms with E-state index >= 15 is 0 Å². The monoisotopic (exact) mass is 362 g/mol. The lowest BCUT2D eigenvalue weighted by Gasteiger charge is -2.41. The van der Waals surface area contributed by atoms with Crippen LogP contribution >= 0.6 is 0 Å². The van der Waals surface area contributed by atoms with Gasteiger partial charge in [0.15, 0.2) is 0 Å². The standard InChI is InChI=1S/C20H30N2O2S/c1-25(23,24)22-15-19-10-5-4-9-18(19)13-20(16-22)11-6-12-21(20)14-17-7-2-3-8-17/h4-5,9-10,17H,2-3,6-8,11-16H2,1H3. The first-order valence-corrected chi connectivity index (χ1v) is 11.6. The topological polar surface area (TPSA) is 46.6 Å². The number of likely N-dealkylation sites (tertiary alicyclic amines) is 1. The summed E-state index contributed by atoms with van der Waals surface area (Å²) in [4.78, 5) is 2.66. The van der Waals surface area contributed by atoms with E-state index in [4.69, 9.17) is 0 Å². The van der Waals surface area contributed by atoms with Crippen molar-refractivity contribution in [3.63, 3.8) is 0 Å². The summed E-state index contributed by atoms with van der Waals surface area (Å²) in [6.45, 7) is 3.44. The molecule has 4 rings (SSSR count). The molecule has 5 heteroatoms. The molecule has 0 aromatic heterocycles. The fourth-order valence-corrected chi connectivity index (χ4v) is 6.11. The molecule has 4 nitrogen and oxygen atoms in total. The van der Waals surface area contributed by atoms with Crippen molar-refractivity contribution in [2.75, 3.05) is 25.9 Å². The summed E-state index contributed by atoms with van der Waals surface area (Å²) in [5.74, 6) is 0.806. The van der Waals surface area contributed by atoms with Gasteiger partial charge in [0.2, 0.25) is 0 Å². The third-order valence-electron chi connectivity index (χ3n) is 6.62. The van der Waals surface area contributed by atoms with Gasteiger partial charge in [-0.3, -0.25) is 4.90 Å². The number of rotatable bonds is 3. The lowest BCUT2D eigenvalue weighted by atomic mass is 9.87. The fourth-order valence-electron chi connectivity index (χ4n) is 5.27. The van der Waals surface area contributed by atoms with E-state index in [0.29, 0.717) is 13.1 Å². The van der Waals surface area contributed by atoms with Crippen LogP contribution in [-0.4, -0.2) is 45.2 Å². The predicted octanol–water partition coefficient (Wildman–Crippen LogP) is 3.24. The van der Waals surface area contributed by atoms with Crippen molar-refractivity contribution >= 4 is 10.4 Å². The minimum absolute atomic E-state index is 0.0156. The van der Waals surface area contributed by atoms with Crippen molar-refractivity contribution in [3.05, 3.63) is 35.4 Å². The van der Waals surface area contributed by atoms with Crippen LogP contribution < -0.4 is 0 Å². The SMILES string of the molecule is C[S+](=O)([O-])N1Cc2ccccc2CC2(CCCN2CC2CCCC2)C1. The van der Waals surface area contributed by atoms with Crippen molar-refractivity contribution in [1.82, 2.24) is 9.21 Å². The Labute approximate surface area is 153 Å². The van der Waals surface area contributed by atoms with Crippen LogP contribution in [0.1, 0.15) is 49.7 Å². The number of hydrogen-bond donors (Lipinski definition) is 0. The summed E-state index contributed by atoms with van der Waals surface area (Å²) < 4.78 is 26.6. The number of sulfonamides is 1. The Kier molecular flexibility index (Phi) is 4.78. The van der Waals surface area contributed by atoms with Gasteiger partial charge >= 0.3 is 0 Å². The highest BCUT2D eigenvalue weighted by Gasteiger charge is 2.47. The first-order valence-electron chi connectivity index (χ1n) is 9.73. The summed E-state index contributed by atoms with van der Waals surface area (Å²) in [7, 11) is -3.20. The lowest BCUT2D eigenvalue weighted by Crippen LogP contribution is -2.55. The molecule has 2 fully saturated rings. The zero-order chi connectivity index (χ0) is 17.5. The second-order valence-corrected chi connectivity index (χ2v) is 10.4. The van der Waals surface area contributed by atoms with Crippen LogP contribution in [-0.2, 0) is 27.6 Å². The van der Waals surface area contributed by atoms with E-state index in [0.717, 1.165) is 31.8 Å². The van der Waals surface area contributed by atoms with Gasteiger partial charge in [-0.15, -0.1) is 4.31 Å². The molecular formula is C20H30N2O2S. The molecule has 2 atom stereocenters. The Hall–Kier alpha value is -0.750. The molecule has 2 heterocycles. The van der Waals surface area contributed by atoms with Crippen molar-refractivity contribution in [3.8, 4) is 0 Å². The maximum absolute atomic E-state index is 12.4. The van der Waals surface area contributed by atoms with Gasteiger partial charge in [0.05, 0.1) is 13.1 Å². The smallest absolute Gasteiger partial charge is 0.122 e. The molecule has 0 amide bonds. The minimum Gasteiger partial charge on any atom is -0.598 e. The van der Waals surface area contributed by atoms with Crippen molar-refractivity contribution in [1.29, 1.82) is 0 Å². The molecule has 138 valence electrons. The zero-order valence-electron chi connectivity index (χ0n) is 15.3. The Morgan fingerprint density at radius 1 is 1.20 bits per heavy atom. The largest absolute Gasteiger partial charge is 0.598 e. The van der Waals surface area contributed by atoms with Gasteiger partial charge in [-0.25, -0.2) is 0 Å². The Bertz CT molecular complexity index is 667. The number of benzene rings is 1. The molecule has 0 radical (unpaired) electrons. The minimum atomic E-state index is -3.20. The molecule has 1 spiro atoms. The van der Waals surface area contributed by atoms with E-state index in [1.807, 2.05) is 6.07 Å². The Balaban J connectivity index is 1.67. The fraction of sp³-hybridized carbons (Fsp3) is 0.700. The quantitative estimate of drug-likeness (QED) is 0.776. The van der Waals surface area contributed by atoms with Gasteiger partial charge in [0, 0.05) is 12.1 Å². The van der Waals surface area contributed by atoms with Gasteiger partial charge in [-0.05, 0) is 55.7 Å². The van der Waals surface area contributed by atoms with Crippen LogP contribution in [0.5, 0.6) is 0 Å². The van der Waals surface area contributed by atoms with E-state index in [9.17, 15) is 8.76 Å². The molecule has 1 saturated heterocycles. The molecule has 2 unspecified atom stereocenters. The summed E-state index contributed by atoms with van der Waals surface area (Å²) >= 11 is 0. The van der Waals surface area contributed by atoms with E-state index in [1.165, 1.54) is 49.5 Å². The molecule has 3 aliphatic rings. The second kappa shape index (κ2) is 6.76. The van der Waals surface area contributed by atoms with E-state index < -0.39 is 10.4 Å². The first-order chi connectivity index (χ1) is 12.0. The van der Waals surface area contributed by atoms with Crippen molar-refractivity contribution in [2.24, 2.45) is 5.92 Å². The van der Waals surface area contributed by atoms with E-state index in [-0.39, 0.29) is 5.54 Å². The molecule has 1 aromatic rings. The number of fused-ring (bicyclic) bond motifs is 1. The number of hydrogen-bond acceptors (Lipinski definition) is 3. The van der Waals surface area contributed by atoms with Crippen LogP contribution in [0, 0.1) is 5.92 Å². The van der Waals surface area contributed by atoms with Gasteiger partial charge in [-0.1, -0.05) is 41.3 Å². The van der Waals surface area contributed by atoms with Gasteiger partial charge < -0.3 is 4.55 Å². The first kappa shape index (κ1) is 17.7. The van der Waals surface area contributed by atoms with Crippen molar-refractivity contribution in [2.45, 2.75) is 57.0 Å². The average molecular weight is 363 g/mol. The second-order valence-electron chi connectivity index (χ2n) is 8.40. The Morgan fingerprint density at radius 2 is 1.92 bits per heavy atom. The molecule has 1 aliphatic carbocycles. The maximum Gasteiger partial charge on any atom is 0.122 e. The van der Waals surface area contributed by atoms with E-state index in [1.54, 1.807) is 4.31 Å². The summed E-state index contributed by atoms with van der Waals surface area (Å²) in [5.41, 5.74) is 2.50. The van der Waals surface area contributed by atoms with Crippen LogP contribution in [0.2, 0.25) is 0 Å². The summed E-state index contributed by atoms with van der Waals surface area (Å²) in [5, 5.41) is 0. The normalized spacial score (nSPS) is 31.1. The molecule has 1 aromatic carbocycles. The van der Waals surface area contributed by atoms with E-state index in [2.05, 4.69) is 23.1 Å². The molecule has 0 N–H and O–H groups in total. The maximum atomic E-state index is 12.4. The lowest BCUT2D eigenvalue weighted by molar-refractivity contribution is 0.0946. The van der Waals surface area contributed by atoms with Crippen LogP contribution in [0.15, 0.2) is 24.3 Å². The highest BCUT2D eigenvalue weighted by Crippen LogP contribution is 2.40. The molecule has 25 heavy (non-hydrogen) atoms. The van der Waals surface area contributed by atoms with Crippen LogP contribution in [0.25, 0.3) is 0 Å². The number of nitrogens with zero attached hydrogens (tertiary/aromatic N) is 2. The molecular weight excluding hydrogens is 332 g/mol. The highest BCUT2D eigenvalue weighted by molar-refractivity contribution is 7.94. The highest BCUT2D eigenvalue weighted by atomic mass is 32.3. The third-order valence-corrected chi connectivity index (χ3v) is 7.81. The summed E-state index contributed by atoms with van der Waals surface area (Å²) in [6.07, 6.45) is 10.1. The van der Waals surface area contributed by atoms with Gasteiger partial charge in [-0.2, -0.15) is 0 Å². The van der Waals surface area contributed by atoms with Crippen LogP contribution in [0.4, 0.5) is 0 Å². The molecule has 2 aliphatic heterocycles. The Morgan fingerprint density at radius 3 is 2.64 bits per heavy atom. The zero-order valence-corrected chi connectivity index (χ0v) is 16.1. The van der Waals surface area contributed by atoms with Crippen LogP contribution in [0.3, 0.4) is 0 Å². The van der Waals surface area contributed by atoms with Gasteiger partial charge in [0.1, 0.15) is 16.7 Å². The van der Waals surface area contributed by atoms with Gasteiger partial charge in [0.25, 0.3) is 0 Å². The average Bonchev–Trinajstić information content (AvgIpc) is 3.15.